The van der Waals surface area contributed by atoms with E-state index in [9.17, 15) is 19.5 Å². The zero-order valence-electron chi connectivity index (χ0n) is 10.2. The van der Waals surface area contributed by atoms with Crippen LogP contribution in [0.2, 0.25) is 0 Å². The van der Waals surface area contributed by atoms with Crippen LogP contribution in [0.1, 0.15) is 20.3 Å². The Morgan fingerprint density at radius 2 is 1.89 bits per heavy atom. The summed E-state index contributed by atoms with van der Waals surface area (Å²) in [4.78, 5) is 32.9. The van der Waals surface area contributed by atoms with Crippen molar-refractivity contribution >= 4 is 29.6 Å². The lowest BCUT2D eigenvalue weighted by molar-refractivity contribution is -0.165. The molecular weight excluding hydrogens is 262 g/mol. The highest BCUT2D eigenvalue weighted by Crippen LogP contribution is 2.08. The molecule has 0 aromatic rings. The molecule has 0 rings (SSSR count). The van der Waals surface area contributed by atoms with Crippen molar-refractivity contribution in [3.8, 4) is 0 Å². The molecule has 0 saturated carbocycles. The van der Waals surface area contributed by atoms with E-state index in [0.717, 1.165) is 12.7 Å². The van der Waals surface area contributed by atoms with Gasteiger partial charge < -0.3 is 20.6 Å². The zero-order valence-corrected chi connectivity index (χ0v) is 11.0. The first kappa shape index (κ1) is 16.7. The lowest BCUT2D eigenvalue weighted by Crippen LogP contribution is -2.54. The minimum absolute atomic E-state index is 0.162. The highest BCUT2D eigenvalue weighted by Gasteiger charge is 2.40. The fourth-order valence-corrected chi connectivity index (χ4v) is 1.69. The van der Waals surface area contributed by atoms with E-state index in [1.165, 1.54) is 11.8 Å². The van der Waals surface area contributed by atoms with E-state index >= 15 is 0 Å². The van der Waals surface area contributed by atoms with Crippen molar-refractivity contribution in [1.82, 2.24) is 5.32 Å². The molecule has 0 saturated heterocycles. The topological polar surface area (TPSA) is 124 Å². The Morgan fingerprint density at radius 3 is 2.28 bits per heavy atom. The van der Waals surface area contributed by atoms with Crippen LogP contribution in [0.15, 0.2) is 0 Å². The number of hydrogen-bond acceptors (Lipinski definition) is 5. The molecule has 2 atom stereocenters. The van der Waals surface area contributed by atoms with Crippen molar-refractivity contribution < 1.29 is 29.7 Å². The van der Waals surface area contributed by atoms with Crippen molar-refractivity contribution in [3.05, 3.63) is 0 Å². The van der Waals surface area contributed by atoms with Crippen LogP contribution >= 0.6 is 11.8 Å². The third kappa shape index (κ3) is 4.92. The summed E-state index contributed by atoms with van der Waals surface area (Å²) in [6.07, 6.45) is 0.162. The quantitative estimate of drug-likeness (QED) is 0.350. The SMILES string of the molecule is CCSCCC(NC(=O)C(C)(O)C(=O)O)C(=O)O. The second-order valence-electron chi connectivity index (χ2n) is 3.73. The number of amides is 1. The Kier molecular flexibility index (Phi) is 6.71. The van der Waals surface area contributed by atoms with Crippen molar-refractivity contribution in [2.75, 3.05) is 11.5 Å². The van der Waals surface area contributed by atoms with E-state index in [1.807, 2.05) is 12.2 Å². The Bertz CT molecular complexity index is 330. The van der Waals surface area contributed by atoms with Gasteiger partial charge in [-0.15, -0.1) is 0 Å². The third-order valence-electron chi connectivity index (χ3n) is 2.22. The van der Waals surface area contributed by atoms with E-state index in [0.29, 0.717) is 5.75 Å². The van der Waals surface area contributed by atoms with Gasteiger partial charge in [-0.2, -0.15) is 11.8 Å². The molecule has 0 aliphatic carbocycles. The van der Waals surface area contributed by atoms with Crippen LogP contribution in [-0.4, -0.2) is 56.3 Å². The van der Waals surface area contributed by atoms with Crippen molar-refractivity contribution in [3.63, 3.8) is 0 Å². The van der Waals surface area contributed by atoms with Gasteiger partial charge >= 0.3 is 11.9 Å². The number of thioether (sulfide) groups is 1. The number of carboxylic acids is 2. The molecule has 0 bridgehead atoms. The lowest BCUT2D eigenvalue weighted by Gasteiger charge is -2.21. The van der Waals surface area contributed by atoms with Gasteiger partial charge in [-0.05, 0) is 24.9 Å². The van der Waals surface area contributed by atoms with E-state index in [4.69, 9.17) is 10.2 Å². The fourth-order valence-electron chi connectivity index (χ4n) is 0.999. The number of rotatable bonds is 8. The van der Waals surface area contributed by atoms with Crippen LogP contribution in [0.4, 0.5) is 0 Å². The maximum Gasteiger partial charge on any atom is 0.345 e. The molecular formula is C10H17NO6S. The molecule has 0 aromatic carbocycles. The number of aliphatic carboxylic acids is 2. The largest absolute Gasteiger partial charge is 0.480 e. The molecule has 0 fully saturated rings. The smallest absolute Gasteiger partial charge is 0.345 e. The summed E-state index contributed by atoms with van der Waals surface area (Å²) < 4.78 is 0. The molecule has 1 amide bonds. The van der Waals surface area contributed by atoms with E-state index in [1.54, 1.807) is 0 Å². The number of carbonyl (C=O) groups is 3. The monoisotopic (exact) mass is 279 g/mol. The van der Waals surface area contributed by atoms with Gasteiger partial charge in [-0.1, -0.05) is 6.92 Å². The molecule has 0 heterocycles. The van der Waals surface area contributed by atoms with Crippen LogP contribution in [0.3, 0.4) is 0 Å². The minimum atomic E-state index is -2.63. The van der Waals surface area contributed by atoms with Crippen LogP contribution in [0.25, 0.3) is 0 Å². The molecule has 0 aromatic heterocycles. The van der Waals surface area contributed by atoms with E-state index in [2.05, 4.69) is 0 Å². The average Bonchev–Trinajstić information content (AvgIpc) is 2.27. The Balaban J connectivity index is 4.55. The highest BCUT2D eigenvalue weighted by atomic mass is 32.2. The first-order chi connectivity index (χ1) is 8.23. The summed E-state index contributed by atoms with van der Waals surface area (Å²) in [5.41, 5.74) is -2.63. The maximum atomic E-state index is 11.4. The first-order valence-electron chi connectivity index (χ1n) is 5.30. The summed E-state index contributed by atoms with van der Waals surface area (Å²) in [5, 5.41) is 28.9. The van der Waals surface area contributed by atoms with Gasteiger partial charge in [-0.3, -0.25) is 4.79 Å². The highest BCUT2D eigenvalue weighted by molar-refractivity contribution is 7.99. The zero-order chi connectivity index (χ0) is 14.3. The van der Waals surface area contributed by atoms with Gasteiger partial charge in [-0.25, -0.2) is 9.59 Å². The van der Waals surface area contributed by atoms with E-state index < -0.39 is 29.5 Å². The normalized spacial score (nSPS) is 15.5. The summed E-state index contributed by atoms with van der Waals surface area (Å²) >= 11 is 1.50. The number of nitrogens with one attached hydrogen (secondary N) is 1. The Hall–Kier alpha value is -1.28. The molecule has 0 spiro atoms. The molecule has 0 radical (unpaired) electrons. The van der Waals surface area contributed by atoms with Gasteiger partial charge in [0.05, 0.1) is 0 Å². The average molecular weight is 279 g/mol. The predicted octanol–water partition coefficient (Wildman–Crippen LogP) is -0.465. The second-order valence-corrected chi connectivity index (χ2v) is 5.12. The molecule has 2 unspecified atom stereocenters. The van der Waals surface area contributed by atoms with Gasteiger partial charge in [0, 0.05) is 0 Å². The summed E-state index contributed by atoms with van der Waals surface area (Å²) in [6, 6.07) is -1.21. The summed E-state index contributed by atoms with van der Waals surface area (Å²) in [5.74, 6) is -2.90. The molecule has 18 heavy (non-hydrogen) atoms. The standard InChI is InChI=1S/C10H17NO6S/c1-3-18-5-4-6(7(12)13)11-8(14)10(2,17)9(15)16/h6,17H,3-5H2,1-2H3,(H,11,14)(H,12,13)(H,15,16). The van der Waals surface area contributed by atoms with Gasteiger partial charge in [0.2, 0.25) is 5.60 Å². The van der Waals surface area contributed by atoms with Crippen molar-refractivity contribution in [1.29, 1.82) is 0 Å². The number of carbonyl (C=O) groups excluding carboxylic acids is 1. The maximum absolute atomic E-state index is 11.4. The first-order valence-corrected chi connectivity index (χ1v) is 6.46. The van der Waals surface area contributed by atoms with Crippen LogP contribution in [0.5, 0.6) is 0 Å². The van der Waals surface area contributed by atoms with Crippen LogP contribution in [-0.2, 0) is 14.4 Å². The fraction of sp³-hybridized carbons (Fsp3) is 0.700. The van der Waals surface area contributed by atoms with Gasteiger partial charge in [0.25, 0.3) is 5.91 Å². The number of aliphatic hydroxyl groups is 1. The molecule has 0 aliphatic heterocycles. The molecule has 7 nitrogen and oxygen atoms in total. The van der Waals surface area contributed by atoms with Gasteiger partial charge in [0.15, 0.2) is 0 Å². The Morgan fingerprint density at radius 1 is 1.33 bits per heavy atom. The predicted molar refractivity (Wildman–Crippen MR) is 65.4 cm³/mol. The van der Waals surface area contributed by atoms with Crippen LogP contribution < -0.4 is 5.32 Å². The number of hydrogen-bond donors (Lipinski definition) is 4. The molecule has 4 N–H and O–H groups in total. The lowest BCUT2D eigenvalue weighted by atomic mass is 10.1. The van der Waals surface area contributed by atoms with Crippen molar-refractivity contribution in [2.24, 2.45) is 0 Å². The molecule has 8 heteroatoms. The minimum Gasteiger partial charge on any atom is -0.480 e. The molecule has 0 aliphatic rings. The second kappa shape index (κ2) is 7.22. The number of carboxylic acid groups (broad SMARTS) is 2. The van der Waals surface area contributed by atoms with Crippen molar-refractivity contribution in [2.45, 2.75) is 31.9 Å². The van der Waals surface area contributed by atoms with Crippen LogP contribution in [0, 0.1) is 0 Å². The summed E-state index contributed by atoms with van der Waals surface area (Å²) in [7, 11) is 0. The summed E-state index contributed by atoms with van der Waals surface area (Å²) in [6.45, 7) is 2.71. The third-order valence-corrected chi connectivity index (χ3v) is 3.15. The molecule has 104 valence electrons. The van der Waals surface area contributed by atoms with Gasteiger partial charge in [0.1, 0.15) is 6.04 Å². The van der Waals surface area contributed by atoms with E-state index in [-0.39, 0.29) is 6.42 Å². The Labute approximate surface area is 109 Å².